The molecule has 2 unspecified atom stereocenters. The zero-order chi connectivity index (χ0) is 28.2. The smallest absolute Gasteiger partial charge is 0.408 e. The van der Waals surface area contributed by atoms with Crippen LogP contribution in [0, 0.1) is 0 Å². The number of anilines is 1. The number of methoxy groups -OCH3 is 1. The summed E-state index contributed by atoms with van der Waals surface area (Å²) in [6.45, 7) is 5.30. The molecule has 0 spiro atoms. The molecule has 3 aromatic rings. The van der Waals surface area contributed by atoms with Gasteiger partial charge < -0.3 is 20.1 Å². The van der Waals surface area contributed by atoms with E-state index in [0.29, 0.717) is 10.0 Å². The van der Waals surface area contributed by atoms with E-state index in [0.717, 1.165) is 33.7 Å². The van der Waals surface area contributed by atoms with Crippen LogP contribution in [-0.4, -0.2) is 30.8 Å². The topological polar surface area (TPSA) is 76.7 Å². The summed E-state index contributed by atoms with van der Waals surface area (Å²) in [7, 11) is 1.30. The van der Waals surface area contributed by atoms with E-state index in [1.165, 1.54) is 7.11 Å². The van der Waals surface area contributed by atoms with E-state index in [2.05, 4.69) is 28.8 Å². The maximum Gasteiger partial charge on any atom is 0.408 e. The number of fused-ring (bicyclic) bond motifs is 1. The molecule has 3 aromatic carbocycles. The summed E-state index contributed by atoms with van der Waals surface area (Å²) in [5.74, 6) is -0.541. The Balaban J connectivity index is 1.64. The Hall–Kier alpha value is -2.87. The van der Waals surface area contributed by atoms with Gasteiger partial charge in [0.2, 0.25) is 0 Å². The van der Waals surface area contributed by atoms with Gasteiger partial charge in [-0.25, -0.2) is 9.59 Å². The van der Waals surface area contributed by atoms with Gasteiger partial charge in [-0.15, -0.1) is 11.8 Å². The Bertz CT molecular complexity index is 1310. The third-order valence-electron chi connectivity index (χ3n) is 6.23. The van der Waals surface area contributed by atoms with E-state index >= 15 is 0 Å². The van der Waals surface area contributed by atoms with E-state index in [9.17, 15) is 9.59 Å². The lowest BCUT2D eigenvalue weighted by Gasteiger charge is -2.34. The summed E-state index contributed by atoms with van der Waals surface area (Å²) < 4.78 is 10.3. The molecule has 0 aliphatic carbocycles. The molecule has 206 valence electrons. The van der Waals surface area contributed by atoms with Gasteiger partial charge in [0.1, 0.15) is 11.6 Å². The quantitative estimate of drug-likeness (QED) is 0.273. The van der Waals surface area contributed by atoms with Crippen molar-refractivity contribution in [2.24, 2.45) is 0 Å². The minimum atomic E-state index is -0.894. The van der Waals surface area contributed by atoms with Gasteiger partial charge in [-0.2, -0.15) is 0 Å². The summed E-state index contributed by atoms with van der Waals surface area (Å²) >= 11 is 14.9. The number of halogens is 2. The number of ether oxygens (including phenoxy) is 2. The Morgan fingerprint density at radius 2 is 1.74 bits per heavy atom. The number of alkyl carbamates (subject to hydrolysis) is 1. The van der Waals surface area contributed by atoms with Gasteiger partial charge in [0.15, 0.2) is 0 Å². The van der Waals surface area contributed by atoms with Gasteiger partial charge in [-0.1, -0.05) is 59.6 Å². The lowest BCUT2D eigenvalue weighted by Crippen LogP contribution is -2.45. The highest BCUT2D eigenvalue weighted by molar-refractivity contribution is 7.99. The molecule has 1 amide bonds. The summed E-state index contributed by atoms with van der Waals surface area (Å²) in [6, 6.07) is 20.8. The molecule has 0 radical (unpaired) electrons. The zero-order valence-corrected chi connectivity index (χ0v) is 24.6. The fraction of sp³-hybridized carbons (Fsp3) is 0.333. The molecule has 4 rings (SSSR count). The molecule has 0 fully saturated rings. The Kier molecular flexibility index (Phi) is 9.36. The monoisotopic (exact) mass is 586 g/mol. The number of carbonyl (C=O) groups is 2. The largest absolute Gasteiger partial charge is 0.467 e. The minimum absolute atomic E-state index is 0.0799. The van der Waals surface area contributed by atoms with Crippen molar-refractivity contribution in [2.45, 2.75) is 61.4 Å². The molecule has 3 atom stereocenters. The standard InChI is InChI=1S/C30H32Cl2N2O4S/c1-30(2,3)38-29(36)34-25(28(35)37-4)16-18-13-14-23-20(15-18)26(39-19-9-6-5-7-10-19)17-24(33-23)27-21(31)11-8-12-22(27)32/h5-15,24-26,33H,16-17H2,1-4H3,(H,34,36)/t24?,25-,26?/m0/s1. The zero-order valence-electron chi connectivity index (χ0n) is 22.3. The fourth-order valence-corrected chi connectivity index (χ4v) is 6.47. The molecule has 0 saturated heterocycles. The maximum absolute atomic E-state index is 12.5. The van der Waals surface area contributed by atoms with Crippen LogP contribution < -0.4 is 10.6 Å². The number of benzene rings is 3. The van der Waals surface area contributed by atoms with Gasteiger partial charge >= 0.3 is 12.1 Å². The second kappa shape index (κ2) is 12.5. The van der Waals surface area contributed by atoms with E-state index in [4.69, 9.17) is 32.7 Å². The first kappa shape index (κ1) is 29.1. The Labute approximate surface area is 243 Å². The minimum Gasteiger partial charge on any atom is -0.467 e. The first-order valence-electron chi connectivity index (χ1n) is 12.7. The fourth-order valence-electron chi connectivity index (χ4n) is 4.55. The van der Waals surface area contributed by atoms with Crippen LogP contribution in [-0.2, 0) is 20.7 Å². The van der Waals surface area contributed by atoms with Crippen molar-refractivity contribution >= 4 is 52.7 Å². The van der Waals surface area contributed by atoms with Crippen LogP contribution in [0.2, 0.25) is 10.0 Å². The third-order valence-corrected chi connectivity index (χ3v) is 8.16. The third kappa shape index (κ3) is 7.62. The number of esters is 1. The average molecular weight is 588 g/mol. The van der Waals surface area contributed by atoms with Crippen LogP contribution in [0.3, 0.4) is 0 Å². The van der Waals surface area contributed by atoms with Crippen LogP contribution in [0.15, 0.2) is 71.6 Å². The van der Waals surface area contributed by atoms with Gasteiger partial charge in [0, 0.05) is 37.9 Å². The second-order valence-electron chi connectivity index (χ2n) is 10.3. The molecule has 0 bridgehead atoms. The Morgan fingerprint density at radius 3 is 2.38 bits per heavy atom. The lowest BCUT2D eigenvalue weighted by atomic mass is 9.91. The van der Waals surface area contributed by atoms with Crippen LogP contribution >= 0.6 is 35.0 Å². The molecule has 0 aromatic heterocycles. The number of amides is 1. The van der Waals surface area contributed by atoms with Crippen molar-refractivity contribution < 1.29 is 19.1 Å². The van der Waals surface area contributed by atoms with Gasteiger partial charge in [0.05, 0.1) is 13.2 Å². The number of carbonyl (C=O) groups excluding carboxylic acids is 2. The van der Waals surface area contributed by atoms with Crippen molar-refractivity contribution in [3.63, 3.8) is 0 Å². The molecule has 9 heteroatoms. The first-order chi connectivity index (χ1) is 18.5. The average Bonchev–Trinajstić information content (AvgIpc) is 2.87. The molecule has 0 saturated carbocycles. The molecule has 2 N–H and O–H groups in total. The summed E-state index contributed by atoms with van der Waals surface area (Å²) in [6.07, 6.45) is 0.326. The van der Waals surface area contributed by atoms with E-state index in [-0.39, 0.29) is 17.7 Å². The highest BCUT2D eigenvalue weighted by atomic mass is 35.5. The second-order valence-corrected chi connectivity index (χ2v) is 12.4. The normalized spacial score (nSPS) is 17.4. The highest BCUT2D eigenvalue weighted by Crippen LogP contribution is 2.50. The summed E-state index contributed by atoms with van der Waals surface area (Å²) in [5.41, 5.74) is 3.14. The number of hydrogen-bond donors (Lipinski definition) is 2. The van der Waals surface area contributed by atoms with E-state index in [1.807, 2.05) is 48.5 Å². The summed E-state index contributed by atoms with van der Waals surface area (Å²) in [5, 5.41) is 7.60. The van der Waals surface area contributed by atoms with E-state index < -0.39 is 23.7 Å². The molecular weight excluding hydrogens is 555 g/mol. The highest BCUT2D eigenvalue weighted by Gasteiger charge is 2.32. The van der Waals surface area contributed by atoms with Crippen LogP contribution in [0.1, 0.15) is 55.2 Å². The molecule has 39 heavy (non-hydrogen) atoms. The van der Waals surface area contributed by atoms with Crippen molar-refractivity contribution in [1.29, 1.82) is 0 Å². The molecular formula is C30H32Cl2N2O4S. The summed E-state index contributed by atoms with van der Waals surface area (Å²) in [4.78, 5) is 26.1. The van der Waals surface area contributed by atoms with Gasteiger partial charge in [-0.05, 0) is 68.7 Å². The predicted octanol–water partition coefficient (Wildman–Crippen LogP) is 7.99. The van der Waals surface area contributed by atoms with Crippen molar-refractivity contribution in [3.05, 3.63) is 93.5 Å². The molecule has 1 aliphatic heterocycles. The van der Waals surface area contributed by atoms with Gasteiger partial charge in [-0.3, -0.25) is 0 Å². The van der Waals surface area contributed by atoms with Crippen LogP contribution in [0.4, 0.5) is 10.5 Å². The van der Waals surface area contributed by atoms with Gasteiger partial charge in [0.25, 0.3) is 0 Å². The molecule has 1 heterocycles. The van der Waals surface area contributed by atoms with Crippen molar-refractivity contribution in [2.75, 3.05) is 12.4 Å². The SMILES string of the molecule is COC(=O)[C@H](Cc1ccc2c(c1)C(Sc1ccccc1)CC(c1c(Cl)cccc1Cl)N2)NC(=O)OC(C)(C)C. The molecule has 6 nitrogen and oxygen atoms in total. The first-order valence-corrected chi connectivity index (χ1v) is 14.3. The van der Waals surface area contributed by atoms with Crippen molar-refractivity contribution in [1.82, 2.24) is 5.32 Å². The molecule has 1 aliphatic rings. The predicted molar refractivity (Wildman–Crippen MR) is 158 cm³/mol. The lowest BCUT2D eigenvalue weighted by molar-refractivity contribution is -0.143. The number of rotatable bonds is 7. The number of nitrogens with one attached hydrogen (secondary N) is 2. The van der Waals surface area contributed by atoms with Crippen LogP contribution in [0.25, 0.3) is 0 Å². The maximum atomic E-state index is 12.5. The van der Waals surface area contributed by atoms with Crippen LogP contribution in [0.5, 0.6) is 0 Å². The van der Waals surface area contributed by atoms with E-state index in [1.54, 1.807) is 32.5 Å². The number of thioether (sulfide) groups is 1. The Morgan fingerprint density at radius 1 is 1.05 bits per heavy atom. The number of hydrogen-bond acceptors (Lipinski definition) is 6. The van der Waals surface area contributed by atoms with Crippen molar-refractivity contribution in [3.8, 4) is 0 Å².